The Kier molecular flexibility index (Phi) is 4.45. The molecule has 1 saturated heterocycles. The smallest absolute Gasteiger partial charge is 0.228 e. The number of halogens is 2. The van der Waals surface area contributed by atoms with E-state index in [4.69, 9.17) is 9.26 Å². The van der Waals surface area contributed by atoms with Crippen molar-refractivity contribution in [3.63, 3.8) is 0 Å². The third kappa shape index (κ3) is 3.25. The first-order chi connectivity index (χ1) is 9.72. The van der Waals surface area contributed by atoms with Crippen LogP contribution in [-0.2, 0) is 11.2 Å². The van der Waals surface area contributed by atoms with E-state index < -0.39 is 0 Å². The van der Waals surface area contributed by atoms with Crippen LogP contribution in [0.3, 0.4) is 0 Å². The first-order valence-corrected chi connectivity index (χ1v) is 7.76. The van der Waals surface area contributed by atoms with Crippen LogP contribution in [0.5, 0.6) is 0 Å². The molecule has 1 unspecified atom stereocenters. The Morgan fingerprint density at radius 3 is 3.05 bits per heavy atom. The zero-order chi connectivity index (χ0) is 13.9. The summed E-state index contributed by atoms with van der Waals surface area (Å²) in [6, 6.07) is 2.12. The van der Waals surface area contributed by atoms with E-state index in [1.807, 2.05) is 6.07 Å². The number of nitrogens with zero attached hydrogens (tertiary/aromatic N) is 3. The van der Waals surface area contributed by atoms with E-state index in [0.29, 0.717) is 30.4 Å². The summed E-state index contributed by atoms with van der Waals surface area (Å²) in [5.41, 5.74) is 0.663. The minimum Gasteiger partial charge on any atom is -0.378 e. The minimum atomic E-state index is 0.221. The molecule has 1 aliphatic heterocycles. The highest BCUT2D eigenvalue weighted by atomic mass is 79.9. The SMILES string of the molecule is Brc1cnc(-c2noc(CC3COCCN3)n2)c(Br)c1. The zero-order valence-corrected chi connectivity index (χ0v) is 13.6. The van der Waals surface area contributed by atoms with Gasteiger partial charge in [-0.15, -0.1) is 0 Å². The molecule has 0 radical (unpaired) electrons. The van der Waals surface area contributed by atoms with Gasteiger partial charge in [-0.25, -0.2) is 0 Å². The fourth-order valence-corrected chi connectivity index (χ4v) is 3.14. The van der Waals surface area contributed by atoms with Crippen molar-refractivity contribution in [3.8, 4) is 11.5 Å². The highest BCUT2D eigenvalue weighted by Crippen LogP contribution is 2.26. The van der Waals surface area contributed by atoms with Gasteiger partial charge in [0.05, 0.1) is 13.2 Å². The molecule has 0 saturated carbocycles. The topological polar surface area (TPSA) is 73.1 Å². The number of hydrogen-bond donors (Lipinski definition) is 1. The summed E-state index contributed by atoms with van der Waals surface area (Å²) in [5, 5.41) is 7.33. The molecule has 0 spiro atoms. The van der Waals surface area contributed by atoms with Crippen LogP contribution >= 0.6 is 31.9 Å². The summed E-state index contributed by atoms with van der Waals surface area (Å²) in [7, 11) is 0. The van der Waals surface area contributed by atoms with Crippen molar-refractivity contribution in [2.45, 2.75) is 12.5 Å². The van der Waals surface area contributed by atoms with Gasteiger partial charge in [-0.05, 0) is 37.9 Å². The number of nitrogens with one attached hydrogen (secondary N) is 1. The second-order valence-electron chi connectivity index (χ2n) is 4.43. The van der Waals surface area contributed by atoms with E-state index in [2.05, 4.69) is 52.3 Å². The predicted molar refractivity (Wildman–Crippen MR) is 79.2 cm³/mol. The molecule has 3 rings (SSSR count). The Hall–Kier alpha value is -0.830. The van der Waals surface area contributed by atoms with Crippen LogP contribution < -0.4 is 5.32 Å². The molecular weight excluding hydrogens is 392 g/mol. The normalized spacial score (nSPS) is 19.2. The summed E-state index contributed by atoms with van der Waals surface area (Å²) < 4.78 is 12.4. The van der Waals surface area contributed by atoms with Crippen molar-refractivity contribution in [2.75, 3.05) is 19.8 Å². The number of pyridine rings is 1. The van der Waals surface area contributed by atoms with Crippen LogP contribution in [0.2, 0.25) is 0 Å². The molecule has 1 N–H and O–H groups in total. The molecule has 2 aromatic rings. The maximum atomic E-state index is 5.40. The molecule has 0 aliphatic carbocycles. The molecule has 0 aromatic carbocycles. The van der Waals surface area contributed by atoms with Crippen LogP contribution in [0.4, 0.5) is 0 Å². The van der Waals surface area contributed by atoms with Gasteiger partial charge in [-0.2, -0.15) is 4.98 Å². The summed E-state index contributed by atoms with van der Waals surface area (Å²) in [6.07, 6.45) is 2.35. The van der Waals surface area contributed by atoms with Gasteiger partial charge in [0.25, 0.3) is 0 Å². The van der Waals surface area contributed by atoms with Crippen LogP contribution in [-0.4, -0.2) is 40.9 Å². The van der Waals surface area contributed by atoms with Gasteiger partial charge in [0.15, 0.2) is 0 Å². The van der Waals surface area contributed by atoms with Crippen molar-refractivity contribution in [1.29, 1.82) is 0 Å². The van der Waals surface area contributed by atoms with E-state index in [0.717, 1.165) is 22.1 Å². The van der Waals surface area contributed by atoms with Crippen molar-refractivity contribution in [3.05, 3.63) is 27.1 Å². The van der Waals surface area contributed by atoms with Crippen LogP contribution in [0, 0.1) is 0 Å². The molecule has 1 aliphatic rings. The number of ether oxygens (including phenoxy) is 1. The van der Waals surface area contributed by atoms with Gasteiger partial charge in [0.1, 0.15) is 5.69 Å². The summed E-state index contributed by atoms with van der Waals surface area (Å²) in [6.45, 7) is 2.27. The molecule has 1 fully saturated rings. The number of aromatic nitrogens is 3. The van der Waals surface area contributed by atoms with Gasteiger partial charge in [-0.1, -0.05) is 5.16 Å². The van der Waals surface area contributed by atoms with Crippen molar-refractivity contribution in [2.24, 2.45) is 0 Å². The highest BCUT2D eigenvalue weighted by molar-refractivity contribution is 9.11. The number of hydrogen-bond acceptors (Lipinski definition) is 6. The summed E-state index contributed by atoms with van der Waals surface area (Å²) >= 11 is 6.81. The molecular formula is C12H12Br2N4O2. The maximum Gasteiger partial charge on any atom is 0.228 e. The maximum absolute atomic E-state index is 5.40. The molecule has 1 atom stereocenters. The predicted octanol–water partition coefficient (Wildman–Crippen LogP) is 2.19. The van der Waals surface area contributed by atoms with Gasteiger partial charge < -0.3 is 14.6 Å². The lowest BCUT2D eigenvalue weighted by Crippen LogP contribution is -2.42. The molecule has 6 nitrogen and oxygen atoms in total. The largest absolute Gasteiger partial charge is 0.378 e. The number of morpholine rings is 1. The first kappa shape index (κ1) is 14.1. The van der Waals surface area contributed by atoms with Crippen LogP contribution in [0.1, 0.15) is 5.89 Å². The lowest BCUT2D eigenvalue weighted by molar-refractivity contribution is 0.0744. The van der Waals surface area contributed by atoms with E-state index >= 15 is 0 Å². The van der Waals surface area contributed by atoms with Crippen LogP contribution in [0.15, 0.2) is 25.7 Å². The Morgan fingerprint density at radius 1 is 1.40 bits per heavy atom. The Bertz CT molecular complexity index is 599. The first-order valence-electron chi connectivity index (χ1n) is 6.17. The van der Waals surface area contributed by atoms with Crippen molar-refractivity contribution in [1.82, 2.24) is 20.4 Å². The highest BCUT2D eigenvalue weighted by Gasteiger charge is 2.19. The molecule has 2 aromatic heterocycles. The molecule has 3 heterocycles. The third-order valence-corrected chi connectivity index (χ3v) is 3.95. The van der Waals surface area contributed by atoms with Crippen LogP contribution in [0.25, 0.3) is 11.5 Å². The fraction of sp³-hybridized carbons (Fsp3) is 0.417. The number of rotatable bonds is 3. The molecule has 0 amide bonds. The Labute approximate surface area is 132 Å². The standard InChI is InChI=1S/C12H12Br2N4O2/c13-7-3-9(14)11(16-5-7)12-17-10(20-18-12)4-8-6-19-2-1-15-8/h3,5,8,15H,1-2,4,6H2. The van der Waals surface area contributed by atoms with E-state index in [-0.39, 0.29) is 6.04 Å². The fourth-order valence-electron chi connectivity index (χ4n) is 1.97. The lowest BCUT2D eigenvalue weighted by atomic mass is 10.2. The van der Waals surface area contributed by atoms with Crippen molar-refractivity contribution >= 4 is 31.9 Å². The molecule has 20 heavy (non-hydrogen) atoms. The van der Waals surface area contributed by atoms with Gasteiger partial charge in [0, 0.05) is 34.1 Å². The summed E-state index contributed by atoms with van der Waals surface area (Å²) in [4.78, 5) is 8.67. The minimum absolute atomic E-state index is 0.221. The van der Waals surface area contributed by atoms with Gasteiger partial charge in [-0.3, -0.25) is 4.98 Å². The molecule has 106 valence electrons. The Morgan fingerprint density at radius 2 is 2.30 bits per heavy atom. The second-order valence-corrected chi connectivity index (χ2v) is 6.20. The van der Waals surface area contributed by atoms with Crippen molar-refractivity contribution < 1.29 is 9.26 Å². The zero-order valence-electron chi connectivity index (χ0n) is 10.5. The average Bonchev–Trinajstić information content (AvgIpc) is 2.88. The third-order valence-electron chi connectivity index (χ3n) is 2.91. The van der Waals surface area contributed by atoms with E-state index in [1.165, 1.54) is 0 Å². The molecule has 0 bridgehead atoms. The van der Waals surface area contributed by atoms with E-state index in [1.54, 1.807) is 6.20 Å². The second kappa shape index (κ2) is 6.30. The van der Waals surface area contributed by atoms with E-state index in [9.17, 15) is 0 Å². The lowest BCUT2D eigenvalue weighted by Gasteiger charge is -2.22. The van der Waals surface area contributed by atoms with Gasteiger partial charge in [0.2, 0.25) is 11.7 Å². The molecule has 8 heteroatoms. The Balaban J connectivity index is 1.75. The van der Waals surface area contributed by atoms with Gasteiger partial charge >= 0.3 is 0 Å². The summed E-state index contributed by atoms with van der Waals surface area (Å²) in [5.74, 6) is 1.07. The monoisotopic (exact) mass is 402 g/mol. The quantitative estimate of drug-likeness (QED) is 0.846. The average molecular weight is 404 g/mol.